The van der Waals surface area contributed by atoms with Gasteiger partial charge in [0.1, 0.15) is 7.28 Å². The molecule has 3 aliphatic carbocycles. The normalized spacial score (nSPS) is 55.0. The molecule has 1 radical (unpaired) electrons. The summed E-state index contributed by atoms with van der Waals surface area (Å²) in [5.41, 5.74) is 0.661. The lowest BCUT2D eigenvalue weighted by molar-refractivity contribution is -0.154. The van der Waals surface area contributed by atoms with Gasteiger partial charge in [-0.15, -0.1) is 0 Å². The molecule has 4 bridgehead atoms. The molecule has 2 aliphatic heterocycles. The van der Waals surface area contributed by atoms with Crippen LogP contribution >= 0.6 is 0 Å². The van der Waals surface area contributed by atoms with Gasteiger partial charge in [0, 0.05) is 0 Å². The van der Waals surface area contributed by atoms with Crippen molar-refractivity contribution in [1.29, 1.82) is 0 Å². The van der Waals surface area contributed by atoms with Gasteiger partial charge in [-0.3, -0.25) is 0 Å². The zero-order valence-electron chi connectivity index (χ0n) is 13.1. The van der Waals surface area contributed by atoms with Crippen molar-refractivity contribution in [2.24, 2.45) is 35.0 Å². The van der Waals surface area contributed by atoms with E-state index in [0.717, 1.165) is 41.2 Å². The second-order valence-corrected chi connectivity index (χ2v) is 8.94. The predicted molar refractivity (Wildman–Crippen MR) is 82.5 cm³/mol. The van der Waals surface area contributed by atoms with Gasteiger partial charge in [0.15, 0.2) is 0 Å². The maximum Gasteiger partial charge on any atom is 0.118 e. The monoisotopic (exact) mass is 257 g/mol. The third kappa shape index (κ3) is 1.79. The maximum atomic E-state index is 2.79. The molecule has 0 amide bonds. The van der Waals surface area contributed by atoms with Crippen LogP contribution in [-0.2, 0) is 0 Å². The van der Waals surface area contributed by atoms with Crippen LogP contribution in [0.2, 0.25) is 11.6 Å². The van der Waals surface area contributed by atoms with E-state index in [1.54, 1.807) is 19.3 Å². The second kappa shape index (κ2) is 4.28. The Morgan fingerprint density at radius 3 is 2.47 bits per heavy atom. The Balaban J connectivity index is 1.55. The first-order chi connectivity index (χ1) is 9.07. The van der Waals surface area contributed by atoms with E-state index in [1.165, 1.54) is 25.7 Å². The molecule has 3 saturated carbocycles. The molecule has 2 heterocycles. The molecule has 5 rings (SSSR count). The highest BCUT2D eigenvalue weighted by Crippen LogP contribution is 2.67. The van der Waals surface area contributed by atoms with Crippen molar-refractivity contribution in [3.05, 3.63) is 0 Å². The highest BCUT2D eigenvalue weighted by atomic mass is 14.6. The molecule has 105 valence electrons. The van der Waals surface area contributed by atoms with Crippen LogP contribution in [0.4, 0.5) is 0 Å². The van der Waals surface area contributed by atoms with Crippen molar-refractivity contribution in [2.75, 3.05) is 0 Å². The van der Waals surface area contributed by atoms with Crippen molar-refractivity contribution in [1.82, 2.24) is 0 Å². The van der Waals surface area contributed by atoms with Crippen molar-refractivity contribution in [2.45, 2.75) is 77.4 Å². The quantitative estimate of drug-likeness (QED) is 0.568. The zero-order valence-corrected chi connectivity index (χ0v) is 13.1. The van der Waals surface area contributed by atoms with Crippen LogP contribution in [0.1, 0.15) is 65.7 Å². The first kappa shape index (κ1) is 12.8. The standard InChI is InChI=1S/C18H30B/c1-11-9-14(16-10-15(11)18(16,2)3)13-8-7-12-5-4-6-17(13)19-12/h11-17H,4-10H2,1-3H3/t11-,12-,13+,14-,15-,16-,17-/m0/s1. The Hall–Kier alpha value is 0.0649. The van der Waals surface area contributed by atoms with Crippen LogP contribution in [0.5, 0.6) is 0 Å². The third-order valence-corrected chi connectivity index (χ3v) is 7.87. The summed E-state index contributed by atoms with van der Waals surface area (Å²) < 4.78 is 0. The number of rotatable bonds is 1. The molecule has 1 heteroatoms. The Kier molecular flexibility index (Phi) is 2.88. The first-order valence-corrected chi connectivity index (χ1v) is 8.92. The van der Waals surface area contributed by atoms with Gasteiger partial charge in [-0.1, -0.05) is 64.5 Å². The number of hydrogen-bond acceptors (Lipinski definition) is 0. The van der Waals surface area contributed by atoms with E-state index < -0.39 is 0 Å². The summed E-state index contributed by atoms with van der Waals surface area (Å²) in [6.07, 6.45) is 10.7. The van der Waals surface area contributed by atoms with Crippen molar-refractivity contribution >= 4 is 7.28 Å². The van der Waals surface area contributed by atoms with Gasteiger partial charge >= 0.3 is 0 Å². The van der Waals surface area contributed by atoms with E-state index in [4.69, 9.17) is 0 Å². The highest BCUT2D eigenvalue weighted by Gasteiger charge is 2.59. The predicted octanol–water partition coefficient (Wildman–Crippen LogP) is 5.18. The van der Waals surface area contributed by atoms with Gasteiger partial charge in [-0.25, -0.2) is 0 Å². The Labute approximate surface area is 120 Å². The minimum Gasteiger partial charge on any atom is -0.0686 e. The van der Waals surface area contributed by atoms with E-state index in [0.29, 0.717) is 5.41 Å². The Bertz CT molecular complexity index is 361. The molecule has 2 saturated heterocycles. The average Bonchev–Trinajstić information content (AvgIpc) is 2.38. The first-order valence-electron chi connectivity index (χ1n) is 8.92. The van der Waals surface area contributed by atoms with Crippen molar-refractivity contribution in [3.63, 3.8) is 0 Å². The Morgan fingerprint density at radius 1 is 0.895 bits per heavy atom. The van der Waals surface area contributed by atoms with Crippen LogP contribution in [0.3, 0.4) is 0 Å². The van der Waals surface area contributed by atoms with E-state index in [1.807, 2.05) is 0 Å². The van der Waals surface area contributed by atoms with E-state index in [9.17, 15) is 0 Å². The minimum absolute atomic E-state index is 0.661. The average molecular weight is 257 g/mol. The highest BCUT2D eigenvalue weighted by molar-refractivity contribution is 6.40. The molecule has 7 atom stereocenters. The second-order valence-electron chi connectivity index (χ2n) is 8.94. The van der Waals surface area contributed by atoms with Gasteiger partial charge in [0.25, 0.3) is 0 Å². The molecule has 5 aliphatic rings. The topological polar surface area (TPSA) is 0 Å². The molecule has 0 spiro atoms. The van der Waals surface area contributed by atoms with Crippen LogP contribution in [-0.4, -0.2) is 7.28 Å². The van der Waals surface area contributed by atoms with Crippen LogP contribution in [0.15, 0.2) is 0 Å². The Morgan fingerprint density at radius 2 is 1.74 bits per heavy atom. The third-order valence-electron chi connectivity index (χ3n) is 7.87. The molecule has 19 heavy (non-hydrogen) atoms. The fraction of sp³-hybridized carbons (Fsp3) is 1.00. The van der Waals surface area contributed by atoms with E-state index >= 15 is 0 Å². The fourth-order valence-electron chi connectivity index (χ4n) is 6.83. The largest absolute Gasteiger partial charge is 0.118 e. The van der Waals surface area contributed by atoms with Gasteiger partial charge in [-0.05, 0) is 47.8 Å². The minimum atomic E-state index is 0.661. The van der Waals surface area contributed by atoms with Gasteiger partial charge < -0.3 is 0 Å². The molecule has 0 N–H and O–H groups in total. The molecular formula is C18H30B. The lowest BCUT2D eigenvalue weighted by Gasteiger charge is -2.65. The van der Waals surface area contributed by atoms with Crippen molar-refractivity contribution in [3.8, 4) is 0 Å². The fourth-order valence-corrected chi connectivity index (χ4v) is 6.83. The lowest BCUT2D eigenvalue weighted by atomic mass is 9.35. The summed E-state index contributed by atoms with van der Waals surface area (Å²) in [4.78, 5) is 0. The smallest absolute Gasteiger partial charge is 0.0686 e. The van der Waals surface area contributed by atoms with Crippen molar-refractivity contribution < 1.29 is 0 Å². The summed E-state index contributed by atoms with van der Waals surface area (Å²) >= 11 is 0. The molecule has 5 fully saturated rings. The lowest BCUT2D eigenvalue weighted by Crippen LogP contribution is -2.58. The number of hydrogen-bond donors (Lipinski definition) is 0. The molecule has 0 aromatic carbocycles. The van der Waals surface area contributed by atoms with Crippen LogP contribution < -0.4 is 0 Å². The van der Waals surface area contributed by atoms with E-state index in [2.05, 4.69) is 28.1 Å². The molecule has 0 unspecified atom stereocenters. The van der Waals surface area contributed by atoms with Gasteiger partial charge in [0.2, 0.25) is 0 Å². The van der Waals surface area contributed by atoms with Crippen LogP contribution in [0.25, 0.3) is 0 Å². The summed E-state index contributed by atoms with van der Waals surface area (Å²) in [6.45, 7) is 7.69. The summed E-state index contributed by atoms with van der Waals surface area (Å²) in [5.74, 6) is 7.22. The zero-order chi connectivity index (χ0) is 13.2. The molecule has 0 aromatic rings. The van der Waals surface area contributed by atoms with Crippen LogP contribution in [0, 0.1) is 35.0 Å². The van der Waals surface area contributed by atoms with Gasteiger partial charge in [-0.2, -0.15) is 0 Å². The summed E-state index contributed by atoms with van der Waals surface area (Å²) in [6, 6.07) is 0. The summed E-state index contributed by atoms with van der Waals surface area (Å²) in [7, 11) is 2.79. The molecule has 0 aromatic heterocycles. The van der Waals surface area contributed by atoms with E-state index in [-0.39, 0.29) is 0 Å². The molecular weight excluding hydrogens is 227 g/mol. The maximum absolute atomic E-state index is 2.79. The summed E-state index contributed by atoms with van der Waals surface area (Å²) in [5, 5.41) is 0. The van der Waals surface area contributed by atoms with Gasteiger partial charge in [0.05, 0.1) is 0 Å². The molecule has 0 nitrogen and oxygen atoms in total. The number of fused-ring (bicyclic) bond motifs is 4. The SMILES string of the molecule is C[C@H]1C[C@@H]([C@H]2CC[C@H]3[B][C@H]2CCC3)[C@@H]2C[C@@H]1C2(C)C.